The first-order valence-corrected chi connectivity index (χ1v) is 8.23. The van der Waals surface area contributed by atoms with E-state index in [-0.39, 0.29) is 11.7 Å². The van der Waals surface area contributed by atoms with E-state index in [9.17, 15) is 9.18 Å². The van der Waals surface area contributed by atoms with Gasteiger partial charge < -0.3 is 9.80 Å². The number of halogens is 1. The molecular weight excluding hydrogens is 299 g/mol. The summed E-state index contributed by atoms with van der Waals surface area (Å²) < 4.78 is 13.8. The second-order valence-corrected chi connectivity index (χ2v) is 7.02. The number of anilines is 1. The maximum absolute atomic E-state index is 13.8. The van der Waals surface area contributed by atoms with Crippen molar-refractivity contribution in [3.05, 3.63) is 51.5 Å². The summed E-state index contributed by atoms with van der Waals surface area (Å²) in [4.78, 5) is 18.7. The van der Waals surface area contributed by atoms with Gasteiger partial charge in [0.15, 0.2) is 0 Å². The van der Waals surface area contributed by atoms with Gasteiger partial charge in [0.25, 0.3) is 5.91 Å². The number of hydrogen-bond donors (Lipinski definition) is 0. The van der Waals surface area contributed by atoms with Crippen LogP contribution in [0.2, 0.25) is 0 Å². The lowest BCUT2D eigenvalue weighted by Gasteiger charge is -2.36. The van der Waals surface area contributed by atoms with Crippen LogP contribution in [0, 0.1) is 19.7 Å². The van der Waals surface area contributed by atoms with Crippen LogP contribution in [0.15, 0.2) is 30.3 Å². The zero-order valence-corrected chi connectivity index (χ0v) is 13.6. The first-order valence-electron chi connectivity index (χ1n) is 7.42. The maximum atomic E-state index is 13.8. The quantitative estimate of drug-likeness (QED) is 0.846. The third-order valence-corrected chi connectivity index (χ3v) is 5.00. The second kappa shape index (κ2) is 6.08. The van der Waals surface area contributed by atoms with Gasteiger partial charge in [0.2, 0.25) is 0 Å². The Labute approximate surface area is 134 Å². The van der Waals surface area contributed by atoms with Crippen molar-refractivity contribution in [2.75, 3.05) is 31.1 Å². The van der Waals surface area contributed by atoms with Gasteiger partial charge in [0, 0.05) is 35.9 Å². The van der Waals surface area contributed by atoms with Crippen LogP contribution in [0.4, 0.5) is 10.1 Å². The van der Waals surface area contributed by atoms with Crippen molar-refractivity contribution in [3.63, 3.8) is 0 Å². The number of thiophene rings is 1. The molecule has 3 nitrogen and oxygen atoms in total. The Bertz CT molecular complexity index is 690. The van der Waals surface area contributed by atoms with E-state index >= 15 is 0 Å². The van der Waals surface area contributed by atoms with Crippen LogP contribution in [-0.2, 0) is 0 Å². The Morgan fingerprint density at radius 2 is 1.82 bits per heavy atom. The molecule has 5 heteroatoms. The number of amides is 1. The molecule has 1 aromatic heterocycles. The number of nitrogens with zero attached hydrogens (tertiary/aromatic N) is 2. The molecule has 1 fully saturated rings. The van der Waals surface area contributed by atoms with E-state index in [1.807, 2.05) is 35.8 Å². The molecular formula is C17H19FN2OS. The molecule has 0 atom stereocenters. The molecule has 1 aliphatic heterocycles. The van der Waals surface area contributed by atoms with E-state index in [1.165, 1.54) is 6.07 Å². The van der Waals surface area contributed by atoms with Crippen molar-refractivity contribution >= 4 is 22.9 Å². The number of para-hydroxylation sites is 1. The van der Waals surface area contributed by atoms with E-state index in [0.717, 1.165) is 15.3 Å². The number of carbonyl (C=O) groups excluding carboxylic acids is 1. The minimum absolute atomic E-state index is 0.0926. The fourth-order valence-corrected chi connectivity index (χ4v) is 3.79. The van der Waals surface area contributed by atoms with Crippen molar-refractivity contribution in [1.29, 1.82) is 0 Å². The van der Waals surface area contributed by atoms with Crippen LogP contribution >= 0.6 is 11.3 Å². The highest BCUT2D eigenvalue weighted by molar-refractivity contribution is 7.12. The Balaban J connectivity index is 1.68. The van der Waals surface area contributed by atoms with Crippen molar-refractivity contribution in [2.45, 2.75) is 13.8 Å². The maximum Gasteiger partial charge on any atom is 0.255 e. The zero-order valence-electron chi connectivity index (χ0n) is 12.8. The van der Waals surface area contributed by atoms with Crippen molar-refractivity contribution < 1.29 is 9.18 Å². The molecule has 116 valence electrons. The monoisotopic (exact) mass is 318 g/mol. The van der Waals surface area contributed by atoms with Gasteiger partial charge in [-0.15, -0.1) is 11.3 Å². The first kappa shape index (κ1) is 15.0. The van der Waals surface area contributed by atoms with Crippen LogP contribution in [0.5, 0.6) is 0 Å². The van der Waals surface area contributed by atoms with Gasteiger partial charge in [-0.2, -0.15) is 0 Å². The van der Waals surface area contributed by atoms with Crippen LogP contribution in [0.1, 0.15) is 20.1 Å². The Kier molecular flexibility index (Phi) is 4.16. The van der Waals surface area contributed by atoms with Gasteiger partial charge in [-0.05, 0) is 32.0 Å². The topological polar surface area (TPSA) is 23.6 Å². The molecule has 1 amide bonds. The summed E-state index contributed by atoms with van der Waals surface area (Å²) in [5.74, 6) is -0.110. The third kappa shape index (κ3) is 2.86. The Morgan fingerprint density at radius 3 is 2.41 bits per heavy atom. The highest BCUT2D eigenvalue weighted by Gasteiger charge is 2.25. The summed E-state index contributed by atoms with van der Waals surface area (Å²) in [5.41, 5.74) is 1.43. The van der Waals surface area contributed by atoms with Gasteiger partial charge in [0.05, 0.1) is 11.3 Å². The molecule has 0 spiro atoms. The number of hydrogen-bond acceptors (Lipinski definition) is 3. The van der Waals surface area contributed by atoms with Crippen molar-refractivity contribution in [3.8, 4) is 0 Å². The lowest BCUT2D eigenvalue weighted by atomic mass is 10.2. The van der Waals surface area contributed by atoms with Gasteiger partial charge in [-0.3, -0.25) is 4.79 Å². The van der Waals surface area contributed by atoms with Crippen LogP contribution in [0.25, 0.3) is 0 Å². The minimum Gasteiger partial charge on any atom is -0.366 e. The van der Waals surface area contributed by atoms with Crippen molar-refractivity contribution in [1.82, 2.24) is 4.90 Å². The fraction of sp³-hybridized carbons (Fsp3) is 0.353. The lowest BCUT2D eigenvalue weighted by molar-refractivity contribution is 0.0746. The number of carbonyl (C=O) groups is 1. The van der Waals surface area contributed by atoms with Gasteiger partial charge in [-0.1, -0.05) is 12.1 Å². The number of benzene rings is 1. The highest BCUT2D eigenvalue weighted by atomic mass is 32.1. The SMILES string of the molecule is Cc1cc(C(=O)N2CCN(c3ccccc3F)CC2)c(C)s1. The summed E-state index contributed by atoms with van der Waals surface area (Å²) in [7, 11) is 0. The molecule has 0 aliphatic carbocycles. The average Bonchev–Trinajstić information content (AvgIpc) is 2.86. The molecule has 22 heavy (non-hydrogen) atoms. The molecule has 1 aliphatic rings. The van der Waals surface area contributed by atoms with Crippen LogP contribution < -0.4 is 4.90 Å². The lowest BCUT2D eigenvalue weighted by Crippen LogP contribution is -2.49. The molecule has 2 aromatic rings. The first-order chi connectivity index (χ1) is 10.6. The molecule has 0 N–H and O–H groups in total. The minimum atomic E-state index is -0.202. The second-order valence-electron chi connectivity index (χ2n) is 5.56. The standard InChI is InChI=1S/C17H19FN2OS/c1-12-11-14(13(2)22-12)17(21)20-9-7-19(8-10-20)16-6-4-3-5-15(16)18/h3-6,11H,7-10H2,1-2H3. The summed E-state index contributed by atoms with van der Waals surface area (Å²) in [6.07, 6.45) is 0. The molecule has 1 saturated heterocycles. The summed E-state index contributed by atoms with van der Waals surface area (Å²) in [5, 5.41) is 0. The number of piperazine rings is 1. The van der Waals surface area contributed by atoms with Crippen LogP contribution in [-0.4, -0.2) is 37.0 Å². The molecule has 3 rings (SSSR count). The molecule has 0 bridgehead atoms. The predicted octanol–water partition coefficient (Wildman–Crippen LogP) is 3.47. The predicted molar refractivity (Wildman–Crippen MR) is 88.3 cm³/mol. The summed E-state index contributed by atoms with van der Waals surface area (Å²) in [6.45, 7) is 6.58. The largest absolute Gasteiger partial charge is 0.366 e. The highest BCUT2D eigenvalue weighted by Crippen LogP contribution is 2.24. The molecule has 1 aromatic carbocycles. The van der Waals surface area contributed by atoms with Gasteiger partial charge in [0.1, 0.15) is 5.82 Å². The van der Waals surface area contributed by atoms with E-state index < -0.39 is 0 Å². The average molecular weight is 318 g/mol. The number of aryl methyl sites for hydroxylation is 2. The third-order valence-electron chi connectivity index (χ3n) is 4.03. The summed E-state index contributed by atoms with van der Waals surface area (Å²) in [6, 6.07) is 8.77. The Morgan fingerprint density at radius 1 is 1.14 bits per heavy atom. The molecule has 0 saturated carbocycles. The number of rotatable bonds is 2. The molecule has 0 radical (unpaired) electrons. The van der Waals surface area contributed by atoms with E-state index in [0.29, 0.717) is 31.9 Å². The van der Waals surface area contributed by atoms with E-state index in [4.69, 9.17) is 0 Å². The van der Waals surface area contributed by atoms with Crippen LogP contribution in [0.3, 0.4) is 0 Å². The van der Waals surface area contributed by atoms with Gasteiger partial charge >= 0.3 is 0 Å². The van der Waals surface area contributed by atoms with E-state index in [2.05, 4.69) is 0 Å². The van der Waals surface area contributed by atoms with Gasteiger partial charge in [-0.25, -0.2) is 4.39 Å². The smallest absolute Gasteiger partial charge is 0.255 e. The van der Waals surface area contributed by atoms with E-state index in [1.54, 1.807) is 23.5 Å². The summed E-state index contributed by atoms with van der Waals surface area (Å²) >= 11 is 1.65. The Hall–Kier alpha value is -1.88. The fourth-order valence-electron chi connectivity index (χ4n) is 2.87. The zero-order chi connectivity index (χ0) is 15.7. The molecule has 2 heterocycles. The molecule has 0 unspecified atom stereocenters. The normalized spacial score (nSPS) is 15.2. The van der Waals surface area contributed by atoms with Crippen molar-refractivity contribution in [2.24, 2.45) is 0 Å².